The lowest BCUT2D eigenvalue weighted by atomic mass is 10.1. The zero-order valence-electron chi connectivity index (χ0n) is 11.3. The number of hydrogen-bond donors (Lipinski definition) is 1. The van der Waals surface area contributed by atoms with Gasteiger partial charge in [0, 0.05) is 21.1 Å². The van der Waals surface area contributed by atoms with Gasteiger partial charge in [-0.25, -0.2) is 0 Å². The minimum atomic E-state index is -0.123. The van der Waals surface area contributed by atoms with E-state index in [1.807, 2.05) is 6.92 Å². The van der Waals surface area contributed by atoms with Crippen molar-refractivity contribution >= 4 is 38.7 Å². The fourth-order valence-corrected chi connectivity index (χ4v) is 3.28. The van der Waals surface area contributed by atoms with Gasteiger partial charge in [0.2, 0.25) is 5.78 Å². The van der Waals surface area contributed by atoms with Crippen molar-refractivity contribution in [1.29, 1.82) is 0 Å². The maximum Gasteiger partial charge on any atom is 0.205 e. The van der Waals surface area contributed by atoms with Gasteiger partial charge in [0.15, 0.2) is 11.5 Å². The van der Waals surface area contributed by atoms with Crippen LogP contribution in [-0.2, 0) is 0 Å². The largest absolute Gasteiger partial charge is 0.493 e. The van der Waals surface area contributed by atoms with Gasteiger partial charge in [-0.1, -0.05) is 0 Å². The molecular formula is C14H14BrNO3S. The van der Waals surface area contributed by atoms with E-state index < -0.39 is 0 Å². The number of nitrogens with two attached hydrogens (primary N) is 1. The molecule has 2 N–H and O–H groups in total. The summed E-state index contributed by atoms with van der Waals surface area (Å²) in [6, 6.07) is 5.01. The summed E-state index contributed by atoms with van der Waals surface area (Å²) in [7, 11) is 3.05. The van der Waals surface area contributed by atoms with Crippen molar-refractivity contribution in [1.82, 2.24) is 0 Å². The Labute approximate surface area is 129 Å². The predicted octanol–water partition coefficient (Wildman–Crippen LogP) is 3.65. The standard InChI is InChI=1S/C14H14BrNO3S/c1-7-9(15)5-13(20-7)14(17)8-4-11(18-2)12(19-3)6-10(8)16/h4-6H,16H2,1-3H3. The van der Waals surface area contributed by atoms with Gasteiger partial charge in [-0.05, 0) is 35.0 Å². The Morgan fingerprint density at radius 1 is 1.20 bits per heavy atom. The van der Waals surface area contributed by atoms with E-state index in [9.17, 15) is 4.79 Å². The fourth-order valence-electron chi connectivity index (χ4n) is 1.80. The summed E-state index contributed by atoms with van der Waals surface area (Å²) in [5.74, 6) is 0.865. The molecule has 0 fully saturated rings. The monoisotopic (exact) mass is 355 g/mol. The number of carbonyl (C=O) groups excluding carboxylic acids is 1. The zero-order valence-corrected chi connectivity index (χ0v) is 13.7. The molecule has 0 aliphatic heterocycles. The molecule has 0 atom stereocenters. The number of ether oxygens (including phenoxy) is 2. The van der Waals surface area contributed by atoms with E-state index in [1.54, 1.807) is 18.2 Å². The van der Waals surface area contributed by atoms with Crippen LogP contribution in [0.4, 0.5) is 5.69 Å². The minimum Gasteiger partial charge on any atom is -0.493 e. The second kappa shape index (κ2) is 5.85. The normalized spacial score (nSPS) is 10.4. The van der Waals surface area contributed by atoms with E-state index in [1.165, 1.54) is 25.6 Å². The summed E-state index contributed by atoms with van der Waals surface area (Å²) >= 11 is 4.83. The number of anilines is 1. The van der Waals surface area contributed by atoms with Crippen LogP contribution in [0.2, 0.25) is 0 Å². The maximum atomic E-state index is 12.5. The number of halogens is 1. The number of hydrogen-bond acceptors (Lipinski definition) is 5. The summed E-state index contributed by atoms with van der Waals surface area (Å²) in [4.78, 5) is 14.2. The molecule has 0 unspecified atom stereocenters. The van der Waals surface area contributed by atoms with Gasteiger partial charge in [0.25, 0.3) is 0 Å². The Morgan fingerprint density at radius 3 is 2.30 bits per heavy atom. The van der Waals surface area contributed by atoms with Crippen LogP contribution in [0.25, 0.3) is 0 Å². The van der Waals surface area contributed by atoms with E-state index in [2.05, 4.69) is 15.9 Å². The van der Waals surface area contributed by atoms with E-state index in [-0.39, 0.29) is 5.78 Å². The number of thiophene rings is 1. The first kappa shape index (κ1) is 14.9. The molecule has 1 aromatic carbocycles. The summed E-state index contributed by atoms with van der Waals surface area (Å²) < 4.78 is 11.3. The van der Waals surface area contributed by atoms with E-state index in [0.29, 0.717) is 27.6 Å². The lowest BCUT2D eigenvalue weighted by Gasteiger charge is -2.11. The zero-order chi connectivity index (χ0) is 14.9. The third-order valence-electron chi connectivity index (χ3n) is 2.88. The average molecular weight is 356 g/mol. The highest BCUT2D eigenvalue weighted by atomic mass is 79.9. The van der Waals surface area contributed by atoms with Crippen molar-refractivity contribution < 1.29 is 14.3 Å². The van der Waals surface area contributed by atoms with Crippen LogP contribution in [0.1, 0.15) is 20.1 Å². The lowest BCUT2D eigenvalue weighted by molar-refractivity contribution is 0.104. The maximum absolute atomic E-state index is 12.5. The Bertz CT molecular complexity index is 647. The van der Waals surface area contributed by atoms with Crippen molar-refractivity contribution in [3.05, 3.63) is 38.0 Å². The second-order valence-corrected chi connectivity index (χ2v) is 6.25. The molecule has 0 saturated carbocycles. The van der Waals surface area contributed by atoms with Crippen LogP contribution in [-0.4, -0.2) is 20.0 Å². The van der Waals surface area contributed by atoms with Gasteiger partial charge >= 0.3 is 0 Å². The number of methoxy groups -OCH3 is 2. The number of aryl methyl sites for hydroxylation is 1. The molecule has 4 nitrogen and oxygen atoms in total. The lowest BCUT2D eigenvalue weighted by Crippen LogP contribution is -2.05. The third kappa shape index (κ3) is 2.66. The molecule has 2 aromatic rings. The Hall–Kier alpha value is -1.53. The Kier molecular flexibility index (Phi) is 4.35. The first-order valence-corrected chi connectivity index (χ1v) is 7.41. The highest BCUT2D eigenvalue weighted by Gasteiger charge is 2.19. The number of nitrogen functional groups attached to an aromatic ring is 1. The molecule has 0 bridgehead atoms. The van der Waals surface area contributed by atoms with Gasteiger partial charge in [-0.3, -0.25) is 4.79 Å². The first-order chi connectivity index (χ1) is 9.47. The molecule has 0 aliphatic rings. The van der Waals surface area contributed by atoms with E-state index in [4.69, 9.17) is 15.2 Å². The van der Waals surface area contributed by atoms with Crippen molar-refractivity contribution in [2.24, 2.45) is 0 Å². The van der Waals surface area contributed by atoms with Crippen molar-refractivity contribution in [3.8, 4) is 11.5 Å². The van der Waals surface area contributed by atoms with Crippen LogP contribution in [0.15, 0.2) is 22.7 Å². The van der Waals surface area contributed by atoms with Gasteiger partial charge in [-0.2, -0.15) is 0 Å². The van der Waals surface area contributed by atoms with Crippen LogP contribution >= 0.6 is 27.3 Å². The fraction of sp³-hybridized carbons (Fsp3) is 0.214. The first-order valence-electron chi connectivity index (χ1n) is 5.80. The second-order valence-electron chi connectivity index (χ2n) is 4.14. The predicted molar refractivity (Wildman–Crippen MR) is 84.1 cm³/mol. The smallest absolute Gasteiger partial charge is 0.205 e. The van der Waals surface area contributed by atoms with Crippen molar-refractivity contribution in [2.45, 2.75) is 6.92 Å². The van der Waals surface area contributed by atoms with Crippen molar-refractivity contribution in [3.63, 3.8) is 0 Å². The number of rotatable bonds is 4. The Balaban J connectivity index is 2.49. The molecular weight excluding hydrogens is 342 g/mol. The molecule has 1 aromatic heterocycles. The third-order valence-corrected chi connectivity index (χ3v) is 5.02. The summed E-state index contributed by atoms with van der Waals surface area (Å²) in [6.45, 7) is 1.95. The molecule has 0 radical (unpaired) electrons. The van der Waals surface area contributed by atoms with Gasteiger partial charge in [0.05, 0.1) is 24.7 Å². The van der Waals surface area contributed by atoms with Crippen LogP contribution in [0.3, 0.4) is 0 Å². The highest BCUT2D eigenvalue weighted by Crippen LogP contribution is 2.35. The average Bonchev–Trinajstić information content (AvgIpc) is 2.77. The minimum absolute atomic E-state index is 0.123. The molecule has 0 saturated heterocycles. The molecule has 2 rings (SSSR count). The summed E-state index contributed by atoms with van der Waals surface area (Å²) in [6.07, 6.45) is 0. The van der Waals surface area contributed by atoms with Gasteiger partial charge in [-0.15, -0.1) is 11.3 Å². The molecule has 106 valence electrons. The van der Waals surface area contributed by atoms with Crippen molar-refractivity contribution in [2.75, 3.05) is 20.0 Å². The molecule has 1 heterocycles. The van der Waals surface area contributed by atoms with Crippen LogP contribution < -0.4 is 15.2 Å². The van der Waals surface area contributed by atoms with Crippen LogP contribution in [0.5, 0.6) is 11.5 Å². The molecule has 0 amide bonds. The topological polar surface area (TPSA) is 61.5 Å². The SMILES string of the molecule is COc1cc(N)c(C(=O)c2cc(Br)c(C)s2)cc1OC. The quantitative estimate of drug-likeness (QED) is 0.671. The highest BCUT2D eigenvalue weighted by molar-refractivity contribution is 9.10. The van der Waals surface area contributed by atoms with Gasteiger partial charge in [0.1, 0.15) is 0 Å². The molecule has 20 heavy (non-hydrogen) atoms. The van der Waals surface area contributed by atoms with E-state index >= 15 is 0 Å². The molecule has 0 spiro atoms. The molecule has 6 heteroatoms. The van der Waals surface area contributed by atoms with E-state index in [0.717, 1.165) is 9.35 Å². The summed E-state index contributed by atoms with van der Waals surface area (Å²) in [5, 5.41) is 0. The van der Waals surface area contributed by atoms with Crippen LogP contribution in [0, 0.1) is 6.92 Å². The number of ketones is 1. The number of carbonyl (C=O) groups is 1. The number of benzene rings is 1. The molecule has 0 aliphatic carbocycles. The Morgan fingerprint density at radius 2 is 1.80 bits per heavy atom. The van der Waals surface area contributed by atoms with Gasteiger partial charge < -0.3 is 15.2 Å². The summed E-state index contributed by atoms with van der Waals surface area (Å²) in [5.41, 5.74) is 6.72.